The van der Waals surface area contributed by atoms with Gasteiger partial charge in [0, 0.05) is 6.20 Å². The van der Waals surface area contributed by atoms with Gasteiger partial charge >= 0.3 is 0 Å². The molecule has 3 aromatic heterocycles. The summed E-state index contributed by atoms with van der Waals surface area (Å²) < 4.78 is 2.23. The van der Waals surface area contributed by atoms with Crippen LogP contribution in [-0.4, -0.2) is 20.3 Å². The van der Waals surface area contributed by atoms with Crippen LogP contribution >= 0.6 is 23.6 Å². The van der Waals surface area contributed by atoms with Crippen molar-refractivity contribution in [2.75, 3.05) is 0 Å². The zero-order valence-corrected chi connectivity index (χ0v) is 14.5. The Labute approximate surface area is 150 Å². The molecule has 124 valence electrons. The van der Waals surface area contributed by atoms with Crippen molar-refractivity contribution in [3.63, 3.8) is 0 Å². The van der Waals surface area contributed by atoms with E-state index in [2.05, 4.69) is 15.3 Å². The summed E-state index contributed by atoms with van der Waals surface area (Å²) in [6.07, 6.45) is 1.67. The van der Waals surface area contributed by atoms with E-state index in [-0.39, 0.29) is 11.5 Å². The van der Waals surface area contributed by atoms with Crippen LogP contribution < -0.4 is 10.9 Å². The number of nitrogens with one attached hydrogen (secondary N) is 2. The minimum absolute atomic E-state index is 0.248. The number of amides is 1. The number of para-hydroxylation sites is 1. The number of fused-ring (bicyclic) bond motifs is 3. The molecule has 3 heterocycles. The van der Waals surface area contributed by atoms with Crippen molar-refractivity contribution in [2.45, 2.75) is 6.54 Å². The number of pyridine rings is 1. The zero-order chi connectivity index (χ0) is 17.4. The Morgan fingerprint density at radius 2 is 2.04 bits per heavy atom. The van der Waals surface area contributed by atoms with Crippen LogP contribution in [0.4, 0.5) is 0 Å². The van der Waals surface area contributed by atoms with Gasteiger partial charge in [0.2, 0.25) is 0 Å². The Morgan fingerprint density at radius 1 is 1.24 bits per heavy atom. The van der Waals surface area contributed by atoms with Gasteiger partial charge in [-0.3, -0.25) is 19.0 Å². The summed E-state index contributed by atoms with van der Waals surface area (Å²) in [7, 11) is 0. The number of hydrogen-bond donors (Lipinski definition) is 2. The van der Waals surface area contributed by atoms with E-state index in [4.69, 9.17) is 12.2 Å². The van der Waals surface area contributed by atoms with Gasteiger partial charge in [-0.15, -0.1) is 0 Å². The third-order valence-electron chi connectivity index (χ3n) is 3.79. The molecule has 0 radical (unpaired) electrons. The van der Waals surface area contributed by atoms with E-state index in [0.717, 1.165) is 5.69 Å². The third kappa shape index (κ3) is 2.75. The van der Waals surface area contributed by atoms with E-state index < -0.39 is 0 Å². The highest BCUT2D eigenvalue weighted by atomic mass is 32.1. The van der Waals surface area contributed by atoms with E-state index in [1.807, 2.05) is 30.3 Å². The first-order valence-corrected chi connectivity index (χ1v) is 8.72. The second-order valence-electron chi connectivity index (χ2n) is 5.36. The maximum atomic E-state index is 12.6. The first-order valence-electron chi connectivity index (χ1n) is 7.50. The molecule has 1 aromatic carbocycles. The summed E-state index contributed by atoms with van der Waals surface area (Å²) in [6.45, 7) is 0.300. The molecule has 2 N–H and O–H groups in total. The molecule has 0 aliphatic carbocycles. The highest BCUT2D eigenvalue weighted by molar-refractivity contribution is 7.73. The SMILES string of the molecule is O=C(NCc1ccccn1)c1sc(=S)n2c1[nH]c(=O)c1ccccc12. The molecular formula is C17H12N4O2S2. The minimum atomic E-state index is -0.296. The molecule has 0 aliphatic heterocycles. The maximum absolute atomic E-state index is 12.6. The molecule has 4 aromatic rings. The van der Waals surface area contributed by atoms with E-state index in [1.54, 1.807) is 22.7 Å². The summed E-state index contributed by atoms with van der Waals surface area (Å²) in [5, 5.41) is 3.35. The predicted molar refractivity (Wildman–Crippen MR) is 99.6 cm³/mol. The molecule has 0 bridgehead atoms. The zero-order valence-electron chi connectivity index (χ0n) is 12.9. The number of aromatic nitrogens is 3. The Balaban J connectivity index is 1.79. The quantitative estimate of drug-likeness (QED) is 0.545. The molecular weight excluding hydrogens is 356 g/mol. The average molecular weight is 368 g/mol. The lowest BCUT2D eigenvalue weighted by Crippen LogP contribution is -2.23. The molecule has 0 spiro atoms. The average Bonchev–Trinajstić information content (AvgIpc) is 2.97. The van der Waals surface area contributed by atoms with Crippen LogP contribution in [0.3, 0.4) is 0 Å². The van der Waals surface area contributed by atoms with Crippen molar-refractivity contribution in [1.29, 1.82) is 0 Å². The number of carbonyl (C=O) groups excluding carboxylic acids is 1. The van der Waals surface area contributed by atoms with E-state index >= 15 is 0 Å². The number of H-pyrrole nitrogens is 1. The second-order valence-corrected chi connectivity index (χ2v) is 7.00. The fourth-order valence-electron chi connectivity index (χ4n) is 2.65. The molecule has 0 saturated carbocycles. The van der Waals surface area contributed by atoms with Gasteiger partial charge in [-0.1, -0.05) is 29.5 Å². The Kier molecular flexibility index (Phi) is 3.90. The van der Waals surface area contributed by atoms with Gasteiger partial charge < -0.3 is 10.3 Å². The highest BCUT2D eigenvalue weighted by Gasteiger charge is 2.17. The molecule has 1 amide bonds. The molecule has 4 rings (SSSR count). The van der Waals surface area contributed by atoms with E-state index in [9.17, 15) is 9.59 Å². The first-order chi connectivity index (χ1) is 12.1. The van der Waals surface area contributed by atoms with Gasteiger partial charge in [0.25, 0.3) is 11.5 Å². The van der Waals surface area contributed by atoms with Gasteiger partial charge in [-0.25, -0.2) is 0 Å². The van der Waals surface area contributed by atoms with Crippen LogP contribution in [0.15, 0.2) is 53.5 Å². The topological polar surface area (TPSA) is 79.3 Å². The lowest BCUT2D eigenvalue weighted by molar-refractivity contribution is 0.0955. The molecule has 8 heteroatoms. The number of hydrogen-bond acceptors (Lipinski definition) is 5. The normalized spacial score (nSPS) is 11.0. The summed E-state index contributed by atoms with van der Waals surface area (Å²) in [4.78, 5) is 32.2. The van der Waals surface area contributed by atoms with Crippen molar-refractivity contribution in [1.82, 2.24) is 19.7 Å². The number of carbonyl (C=O) groups is 1. The van der Waals surface area contributed by atoms with Crippen molar-refractivity contribution >= 4 is 46.0 Å². The maximum Gasteiger partial charge on any atom is 0.265 e. The fraction of sp³-hybridized carbons (Fsp3) is 0.0588. The molecule has 0 unspecified atom stereocenters. The van der Waals surface area contributed by atoms with Gasteiger partial charge in [0.15, 0.2) is 3.95 Å². The number of aromatic amines is 1. The molecule has 0 atom stereocenters. The largest absolute Gasteiger partial charge is 0.346 e. The smallest absolute Gasteiger partial charge is 0.265 e. The van der Waals surface area contributed by atoms with Crippen LogP contribution in [0, 0.1) is 3.95 Å². The summed E-state index contributed by atoms with van der Waals surface area (Å²) in [5.74, 6) is -0.296. The predicted octanol–water partition coefficient (Wildman–Crippen LogP) is 2.90. The van der Waals surface area contributed by atoms with Crippen molar-refractivity contribution in [3.8, 4) is 0 Å². The monoisotopic (exact) mass is 368 g/mol. The fourth-order valence-corrected chi connectivity index (χ4v) is 3.95. The lowest BCUT2D eigenvalue weighted by Gasteiger charge is -2.05. The van der Waals surface area contributed by atoms with E-state index in [0.29, 0.717) is 31.9 Å². The molecule has 0 aliphatic rings. The van der Waals surface area contributed by atoms with Crippen molar-refractivity contribution < 1.29 is 4.79 Å². The number of benzene rings is 1. The van der Waals surface area contributed by atoms with Crippen molar-refractivity contribution in [2.24, 2.45) is 0 Å². The standard InChI is InChI=1S/C17H12N4O2S2/c22-15-11-6-1-2-7-12(11)21-14(20-15)13(25-17(21)24)16(23)19-9-10-5-3-4-8-18-10/h1-8H,9H2,(H,19,23)(H,20,22). The van der Waals surface area contributed by atoms with Crippen LogP contribution in [0.1, 0.15) is 15.4 Å². The van der Waals surface area contributed by atoms with Crippen LogP contribution in [0.2, 0.25) is 0 Å². The number of nitrogens with zero attached hydrogens (tertiary/aromatic N) is 2. The first kappa shape index (κ1) is 15.7. The second kappa shape index (κ2) is 6.23. The van der Waals surface area contributed by atoms with Crippen LogP contribution in [0.5, 0.6) is 0 Å². The van der Waals surface area contributed by atoms with E-state index in [1.165, 1.54) is 11.3 Å². The highest BCUT2D eigenvalue weighted by Crippen LogP contribution is 2.22. The van der Waals surface area contributed by atoms with Gasteiger partial charge in [-0.2, -0.15) is 0 Å². The Hall–Kier alpha value is -2.84. The van der Waals surface area contributed by atoms with Gasteiger partial charge in [0.1, 0.15) is 10.5 Å². The summed E-state index contributed by atoms with van der Waals surface area (Å²) >= 11 is 6.58. The Bertz CT molecular complexity index is 1210. The number of rotatable bonds is 3. The number of thiazole rings is 1. The molecule has 6 nitrogen and oxygen atoms in total. The lowest BCUT2D eigenvalue weighted by atomic mass is 10.2. The van der Waals surface area contributed by atoms with Crippen LogP contribution in [0.25, 0.3) is 16.6 Å². The van der Waals surface area contributed by atoms with Gasteiger partial charge in [-0.05, 0) is 36.5 Å². The molecule has 25 heavy (non-hydrogen) atoms. The summed E-state index contributed by atoms with van der Waals surface area (Å²) in [5.41, 5.74) is 1.60. The Morgan fingerprint density at radius 3 is 2.84 bits per heavy atom. The summed E-state index contributed by atoms with van der Waals surface area (Å²) in [6, 6.07) is 12.7. The molecule has 0 fully saturated rings. The molecule has 0 saturated heterocycles. The van der Waals surface area contributed by atoms with Gasteiger partial charge in [0.05, 0.1) is 23.1 Å². The third-order valence-corrected chi connectivity index (χ3v) is 5.17. The van der Waals surface area contributed by atoms with Crippen molar-refractivity contribution in [3.05, 3.63) is 73.5 Å². The minimum Gasteiger partial charge on any atom is -0.346 e. The van der Waals surface area contributed by atoms with Crippen LogP contribution in [-0.2, 0) is 6.54 Å².